The molecule has 168 valence electrons. The average molecular weight is 437 g/mol. The number of carbonyl (C=O) groups is 2. The van der Waals surface area contributed by atoms with E-state index in [1.54, 1.807) is 18.2 Å². The second-order valence-electron chi connectivity index (χ2n) is 8.02. The van der Waals surface area contributed by atoms with E-state index in [0.29, 0.717) is 23.1 Å². The number of hydrogen-bond donors (Lipinski definition) is 1. The number of aryl methyl sites for hydroxylation is 1. The maximum atomic E-state index is 12.4. The van der Waals surface area contributed by atoms with Crippen molar-refractivity contribution in [3.05, 3.63) is 46.8 Å². The number of nitrogens with zero attached hydrogens (tertiary/aromatic N) is 2. The summed E-state index contributed by atoms with van der Waals surface area (Å²) in [6, 6.07) is 8.77. The molecule has 0 fully saturated rings. The molecule has 1 aromatic heterocycles. The van der Waals surface area contributed by atoms with Gasteiger partial charge in [-0.1, -0.05) is 13.8 Å². The highest BCUT2D eigenvalue weighted by Crippen LogP contribution is 2.34. The third kappa shape index (κ3) is 5.49. The van der Waals surface area contributed by atoms with Crippen molar-refractivity contribution in [1.29, 1.82) is 5.26 Å². The molecule has 32 heavy (non-hydrogen) atoms. The Labute approximate surface area is 187 Å². The lowest BCUT2D eigenvalue weighted by molar-refractivity contribution is -0.142. The largest absolute Gasteiger partial charge is 0.454 e. The number of nitrogens with one attached hydrogen (secondary N) is 1. The van der Waals surface area contributed by atoms with Gasteiger partial charge in [-0.15, -0.1) is 0 Å². The van der Waals surface area contributed by atoms with Gasteiger partial charge in [0.25, 0.3) is 5.91 Å². The van der Waals surface area contributed by atoms with Crippen molar-refractivity contribution in [1.82, 2.24) is 4.57 Å². The van der Waals surface area contributed by atoms with Crippen molar-refractivity contribution in [2.24, 2.45) is 5.92 Å². The van der Waals surface area contributed by atoms with Crippen molar-refractivity contribution in [2.75, 3.05) is 18.7 Å². The van der Waals surface area contributed by atoms with Gasteiger partial charge in [-0.25, -0.2) is 4.79 Å². The van der Waals surface area contributed by atoms with E-state index in [1.165, 1.54) is 6.08 Å². The highest BCUT2D eigenvalue weighted by molar-refractivity contribution is 6.00. The van der Waals surface area contributed by atoms with Gasteiger partial charge in [-0.2, -0.15) is 5.26 Å². The molecule has 0 radical (unpaired) electrons. The molecule has 8 heteroatoms. The van der Waals surface area contributed by atoms with Crippen molar-refractivity contribution in [3.8, 4) is 17.6 Å². The summed E-state index contributed by atoms with van der Waals surface area (Å²) in [5.74, 6) is 0.327. The minimum absolute atomic E-state index is 0.133. The molecule has 1 aliphatic heterocycles. The second kappa shape index (κ2) is 10.1. The number of carbonyl (C=O) groups excluding carboxylic acids is 2. The van der Waals surface area contributed by atoms with Crippen LogP contribution in [0.1, 0.15) is 37.2 Å². The molecular weight excluding hydrogens is 410 g/mol. The molecule has 1 aliphatic rings. The van der Waals surface area contributed by atoms with Crippen LogP contribution in [0.5, 0.6) is 11.5 Å². The maximum Gasteiger partial charge on any atom is 0.349 e. The molecular formula is C24H27N3O5. The Morgan fingerprint density at radius 1 is 1.25 bits per heavy atom. The Morgan fingerprint density at radius 2 is 2.00 bits per heavy atom. The third-order valence-electron chi connectivity index (χ3n) is 5.17. The Kier molecular flexibility index (Phi) is 7.21. The molecule has 1 aromatic carbocycles. The maximum absolute atomic E-state index is 12.4. The summed E-state index contributed by atoms with van der Waals surface area (Å²) in [4.78, 5) is 24.5. The summed E-state index contributed by atoms with van der Waals surface area (Å²) in [5.41, 5.74) is 3.14. The predicted octanol–water partition coefficient (Wildman–Crippen LogP) is 3.97. The molecule has 0 aliphatic carbocycles. The lowest BCUT2D eigenvalue weighted by Gasteiger charge is -2.11. The minimum atomic E-state index is -0.847. The van der Waals surface area contributed by atoms with Crippen LogP contribution in [0.15, 0.2) is 29.8 Å². The number of ether oxygens (including phenoxy) is 3. The molecule has 0 saturated heterocycles. The average Bonchev–Trinajstić information content (AvgIpc) is 3.32. The number of fused-ring (bicyclic) bond motifs is 1. The van der Waals surface area contributed by atoms with Gasteiger partial charge in [0.15, 0.2) is 18.1 Å². The fourth-order valence-corrected chi connectivity index (χ4v) is 3.38. The molecule has 2 heterocycles. The van der Waals surface area contributed by atoms with Crippen LogP contribution in [0.25, 0.3) is 6.08 Å². The van der Waals surface area contributed by atoms with Crippen LogP contribution < -0.4 is 14.8 Å². The van der Waals surface area contributed by atoms with E-state index >= 15 is 0 Å². The number of esters is 1. The highest BCUT2D eigenvalue weighted by Gasteiger charge is 2.17. The van der Waals surface area contributed by atoms with Gasteiger partial charge in [-0.05, 0) is 56.0 Å². The van der Waals surface area contributed by atoms with Crippen LogP contribution >= 0.6 is 0 Å². The molecule has 2 aromatic rings. The summed E-state index contributed by atoms with van der Waals surface area (Å²) >= 11 is 0. The van der Waals surface area contributed by atoms with E-state index in [-0.39, 0.29) is 12.4 Å². The zero-order valence-electron chi connectivity index (χ0n) is 18.7. The van der Waals surface area contributed by atoms with Gasteiger partial charge >= 0.3 is 5.97 Å². The Bertz CT molecular complexity index is 1090. The zero-order chi connectivity index (χ0) is 23.3. The van der Waals surface area contributed by atoms with Crippen molar-refractivity contribution < 1.29 is 23.8 Å². The van der Waals surface area contributed by atoms with E-state index in [9.17, 15) is 14.9 Å². The summed E-state index contributed by atoms with van der Waals surface area (Å²) in [6.07, 6.45) is 2.54. The number of aromatic nitrogens is 1. The van der Waals surface area contributed by atoms with Crippen LogP contribution in [0.3, 0.4) is 0 Å². The van der Waals surface area contributed by atoms with E-state index in [1.807, 2.05) is 26.0 Å². The van der Waals surface area contributed by atoms with Gasteiger partial charge in [-0.3, -0.25) is 4.79 Å². The number of nitriles is 1. The second-order valence-corrected chi connectivity index (χ2v) is 8.02. The first-order valence-corrected chi connectivity index (χ1v) is 10.4. The number of anilines is 1. The smallest absolute Gasteiger partial charge is 0.349 e. The van der Waals surface area contributed by atoms with Gasteiger partial charge in [0.1, 0.15) is 11.6 Å². The minimum Gasteiger partial charge on any atom is -0.454 e. The number of rotatable bonds is 8. The molecule has 1 N–H and O–H groups in total. The van der Waals surface area contributed by atoms with Crippen LogP contribution in [-0.2, 0) is 20.9 Å². The Balaban J connectivity index is 1.61. The number of amides is 1. The van der Waals surface area contributed by atoms with Crippen molar-refractivity contribution in [3.63, 3.8) is 0 Å². The SMILES string of the molecule is Cc1cc(C=C(C#N)C(=O)OCC(=O)Nc2ccc3c(c2)OCO3)c(C)n1CCC(C)C. The fraction of sp³-hybridized carbons (Fsp3) is 0.375. The summed E-state index contributed by atoms with van der Waals surface area (Å²) in [6.45, 7) is 8.78. The van der Waals surface area contributed by atoms with Crippen molar-refractivity contribution >= 4 is 23.6 Å². The van der Waals surface area contributed by atoms with Gasteiger partial charge in [0, 0.05) is 29.7 Å². The fourth-order valence-electron chi connectivity index (χ4n) is 3.38. The van der Waals surface area contributed by atoms with Crippen LogP contribution in [-0.4, -0.2) is 29.8 Å². The van der Waals surface area contributed by atoms with Gasteiger partial charge in [0.2, 0.25) is 6.79 Å². The third-order valence-corrected chi connectivity index (χ3v) is 5.17. The predicted molar refractivity (Wildman–Crippen MR) is 119 cm³/mol. The van der Waals surface area contributed by atoms with Crippen molar-refractivity contribution in [2.45, 2.75) is 40.7 Å². The topological polar surface area (TPSA) is 103 Å². The van der Waals surface area contributed by atoms with E-state index < -0.39 is 18.5 Å². The molecule has 0 spiro atoms. The lowest BCUT2D eigenvalue weighted by atomic mass is 10.1. The molecule has 0 saturated carbocycles. The molecule has 1 amide bonds. The van der Waals surface area contributed by atoms with Crippen LogP contribution in [0.2, 0.25) is 0 Å². The van der Waals surface area contributed by atoms with Gasteiger partial charge < -0.3 is 24.1 Å². The van der Waals surface area contributed by atoms with Crippen LogP contribution in [0.4, 0.5) is 5.69 Å². The van der Waals surface area contributed by atoms with Crippen LogP contribution in [0, 0.1) is 31.1 Å². The van der Waals surface area contributed by atoms with Gasteiger partial charge in [0.05, 0.1) is 0 Å². The summed E-state index contributed by atoms with van der Waals surface area (Å²) in [7, 11) is 0. The van der Waals surface area contributed by atoms with E-state index in [4.69, 9.17) is 14.2 Å². The first-order valence-electron chi connectivity index (χ1n) is 10.4. The first-order chi connectivity index (χ1) is 15.3. The quantitative estimate of drug-likeness (QED) is 0.381. The molecule has 0 atom stereocenters. The Morgan fingerprint density at radius 3 is 2.72 bits per heavy atom. The number of benzene rings is 1. The molecule has 3 rings (SSSR count). The lowest BCUT2D eigenvalue weighted by Crippen LogP contribution is -2.21. The molecule has 8 nitrogen and oxygen atoms in total. The molecule has 0 bridgehead atoms. The van der Waals surface area contributed by atoms with E-state index in [2.05, 4.69) is 23.7 Å². The summed E-state index contributed by atoms with van der Waals surface area (Å²) in [5, 5.41) is 12.1. The summed E-state index contributed by atoms with van der Waals surface area (Å²) < 4.78 is 17.7. The number of hydrogen-bond acceptors (Lipinski definition) is 6. The van der Waals surface area contributed by atoms with E-state index in [0.717, 1.165) is 29.9 Å². The first kappa shape index (κ1) is 22.9. The highest BCUT2D eigenvalue weighted by atomic mass is 16.7. The molecule has 0 unspecified atom stereocenters. The standard InChI is InChI=1S/C24H27N3O5/c1-15(2)7-8-27-16(3)9-18(17(27)4)10-19(12-25)24(29)30-13-23(28)26-20-5-6-21-22(11-20)32-14-31-21/h5-6,9-11,15H,7-8,13-14H2,1-4H3,(H,26,28). The zero-order valence-corrected chi connectivity index (χ0v) is 18.7. The Hall–Kier alpha value is -3.73. The monoisotopic (exact) mass is 437 g/mol. The normalized spacial score (nSPS) is 12.6.